The van der Waals surface area contributed by atoms with Crippen molar-refractivity contribution < 1.29 is 14.3 Å². The Hall–Kier alpha value is -2.34. The van der Waals surface area contributed by atoms with Gasteiger partial charge in [0.05, 0.1) is 0 Å². The van der Waals surface area contributed by atoms with E-state index < -0.39 is 6.04 Å². The number of halogens is 1. The quantitative estimate of drug-likeness (QED) is 0.568. The smallest absolute Gasteiger partial charge is 0.261 e. The maximum Gasteiger partial charge on any atom is 0.261 e. The summed E-state index contributed by atoms with van der Waals surface area (Å²) in [6.07, 6.45) is 1.38. The zero-order valence-electron chi connectivity index (χ0n) is 17.3. The summed E-state index contributed by atoms with van der Waals surface area (Å²) in [6.45, 7) is 6.77. The van der Waals surface area contributed by atoms with Crippen LogP contribution in [0.3, 0.4) is 0 Å². The minimum Gasteiger partial charge on any atom is -0.484 e. The van der Waals surface area contributed by atoms with E-state index in [0.29, 0.717) is 25.3 Å². The lowest BCUT2D eigenvalue weighted by Crippen LogP contribution is -2.50. The Morgan fingerprint density at radius 2 is 1.86 bits per heavy atom. The first kappa shape index (κ1) is 22.9. The standard InChI is InChI=1S/C23H29BrN2O3/c1-4-13-25-23(28)21(5-2)26(15-18-8-6-7-17(3)14-18)22(27)16-29-20-11-9-19(24)10-12-20/h6-12,14,21H,4-5,13,15-16H2,1-3H3,(H,25,28). The van der Waals surface area contributed by atoms with Gasteiger partial charge in [-0.05, 0) is 49.6 Å². The summed E-state index contributed by atoms with van der Waals surface area (Å²) in [7, 11) is 0. The topological polar surface area (TPSA) is 58.6 Å². The molecule has 0 aliphatic carbocycles. The Morgan fingerprint density at radius 3 is 2.48 bits per heavy atom. The van der Waals surface area contributed by atoms with Crippen LogP contribution in [0.25, 0.3) is 0 Å². The van der Waals surface area contributed by atoms with Gasteiger partial charge in [0, 0.05) is 17.6 Å². The first-order valence-corrected chi connectivity index (χ1v) is 10.7. The molecular weight excluding hydrogens is 432 g/mol. The van der Waals surface area contributed by atoms with Gasteiger partial charge in [0.2, 0.25) is 5.91 Å². The third-order valence-electron chi connectivity index (χ3n) is 4.55. The minimum absolute atomic E-state index is 0.120. The van der Waals surface area contributed by atoms with Crippen LogP contribution in [0.5, 0.6) is 5.75 Å². The number of amides is 2. The zero-order chi connectivity index (χ0) is 21.2. The molecule has 0 saturated carbocycles. The Balaban J connectivity index is 2.17. The van der Waals surface area contributed by atoms with Crippen LogP contribution in [0.2, 0.25) is 0 Å². The van der Waals surface area contributed by atoms with E-state index in [1.54, 1.807) is 17.0 Å². The van der Waals surface area contributed by atoms with Gasteiger partial charge in [-0.25, -0.2) is 0 Å². The van der Waals surface area contributed by atoms with Crippen LogP contribution in [-0.2, 0) is 16.1 Å². The summed E-state index contributed by atoms with van der Waals surface area (Å²) in [5.74, 6) is 0.271. The van der Waals surface area contributed by atoms with Gasteiger partial charge in [0.1, 0.15) is 11.8 Å². The Kier molecular flexibility index (Phi) is 9.19. The van der Waals surface area contributed by atoms with Gasteiger partial charge >= 0.3 is 0 Å². The molecule has 0 bridgehead atoms. The Labute approximate surface area is 181 Å². The van der Waals surface area contributed by atoms with Crippen LogP contribution < -0.4 is 10.1 Å². The second kappa shape index (κ2) is 11.6. The van der Waals surface area contributed by atoms with Crippen LogP contribution in [0.15, 0.2) is 53.0 Å². The van der Waals surface area contributed by atoms with Gasteiger partial charge in [-0.2, -0.15) is 0 Å². The van der Waals surface area contributed by atoms with Gasteiger partial charge in [-0.1, -0.05) is 59.6 Å². The molecule has 1 unspecified atom stereocenters. The largest absolute Gasteiger partial charge is 0.484 e. The van der Waals surface area contributed by atoms with Crippen molar-refractivity contribution in [1.29, 1.82) is 0 Å². The Morgan fingerprint density at radius 1 is 1.14 bits per heavy atom. The van der Waals surface area contributed by atoms with Gasteiger partial charge in [0.15, 0.2) is 6.61 Å². The molecule has 1 atom stereocenters. The number of carbonyl (C=O) groups excluding carboxylic acids is 2. The molecule has 0 aromatic heterocycles. The first-order chi connectivity index (χ1) is 13.9. The van der Waals surface area contributed by atoms with Gasteiger partial charge < -0.3 is 15.0 Å². The van der Waals surface area contributed by atoms with Crippen molar-refractivity contribution in [3.8, 4) is 5.75 Å². The summed E-state index contributed by atoms with van der Waals surface area (Å²) < 4.78 is 6.62. The molecule has 0 saturated heterocycles. The number of aryl methyl sites for hydroxylation is 1. The van der Waals surface area contributed by atoms with Crippen molar-refractivity contribution in [3.05, 3.63) is 64.1 Å². The molecule has 0 radical (unpaired) electrons. The summed E-state index contributed by atoms with van der Waals surface area (Å²) in [6, 6.07) is 14.8. The molecule has 0 aliphatic heterocycles. The fourth-order valence-electron chi connectivity index (χ4n) is 3.05. The molecule has 0 spiro atoms. The fourth-order valence-corrected chi connectivity index (χ4v) is 3.32. The van der Waals surface area contributed by atoms with E-state index >= 15 is 0 Å². The van der Waals surface area contributed by atoms with Crippen molar-refractivity contribution >= 4 is 27.7 Å². The summed E-state index contributed by atoms with van der Waals surface area (Å²) >= 11 is 3.38. The molecular formula is C23H29BrN2O3. The first-order valence-electron chi connectivity index (χ1n) is 9.95. The van der Waals surface area contributed by atoms with Gasteiger partial charge in [0.25, 0.3) is 5.91 Å². The molecule has 29 heavy (non-hydrogen) atoms. The highest BCUT2D eigenvalue weighted by atomic mass is 79.9. The van der Waals surface area contributed by atoms with Crippen LogP contribution in [0.4, 0.5) is 0 Å². The molecule has 1 N–H and O–H groups in total. The third kappa shape index (κ3) is 7.20. The third-order valence-corrected chi connectivity index (χ3v) is 5.08. The minimum atomic E-state index is -0.539. The molecule has 2 rings (SSSR count). The van der Waals surface area contributed by atoms with Crippen molar-refractivity contribution in [3.63, 3.8) is 0 Å². The van der Waals surface area contributed by atoms with Crippen LogP contribution in [0.1, 0.15) is 37.8 Å². The second-order valence-electron chi connectivity index (χ2n) is 6.97. The van der Waals surface area contributed by atoms with Crippen molar-refractivity contribution in [2.75, 3.05) is 13.2 Å². The maximum atomic E-state index is 13.1. The van der Waals surface area contributed by atoms with E-state index in [2.05, 4.69) is 21.2 Å². The average Bonchev–Trinajstić information content (AvgIpc) is 2.71. The Bertz CT molecular complexity index is 808. The summed E-state index contributed by atoms with van der Waals surface area (Å²) in [5.41, 5.74) is 2.10. The molecule has 2 aromatic rings. The molecule has 6 heteroatoms. The number of rotatable bonds is 10. The molecule has 5 nitrogen and oxygen atoms in total. The van der Waals surface area contributed by atoms with Crippen LogP contribution >= 0.6 is 15.9 Å². The van der Waals surface area contributed by atoms with Crippen molar-refractivity contribution in [1.82, 2.24) is 10.2 Å². The van der Waals surface area contributed by atoms with Crippen molar-refractivity contribution in [2.24, 2.45) is 0 Å². The number of hydrogen-bond acceptors (Lipinski definition) is 3. The molecule has 0 aliphatic rings. The molecule has 156 valence electrons. The molecule has 0 fully saturated rings. The number of benzene rings is 2. The summed E-state index contributed by atoms with van der Waals surface area (Å²) in [4.78, 5) is 27.4. The van der Waals surface area contributed by atoms with E-state index in [0.717, 1.165) is 22.0 Å². The molecule has 0 heterocycles. The average molecular weight is 461 g/mol. The lowest BCUT2D eigenvalue weighted by atomic mass is 10.1. The maximum absolute atomic E-state index is 13.1. The highest BCUT2D eigenvalue weighted by Crippen LogP contribution is 2.18. The van der Waals surface area contributed by atoms with Gasteiger partial charge in [-0.3, -0.25) is 9.59 Å². The van der Waals surface area contributed by atoms with E-state index in [-0.39, 0.29) is 18.4 Å². The van der Waals surface area contributed by atoms with E-state index in [1.807, 2.05) is 57.2 Å². The van der Waals surface area contributed by atoms with Crippen molar-refractivity contribution in [2.45, 2.75) is 46.2 Å². The molecule has 2 amide bonds. The predicted molar refractivity (Wildman–Crippen MR) is 119 cm³/mol. The lowest BCUT2D eigenvalue weighted by molar-refractivity contribution is -0.143. The predicted octanol–water partition coefficient (Wildman–Crippen LogP) is 4.47. The van der Waals surface area contributed by atoms with E-state index in [1.165, 1.54) is 0 Å². The lowest BCUT2D eigenvalue weighted by Gasteiger charge is -2.30. The van der Waals surface area contributed by atoms with Crippen LogP contribution in [-0.4, -0.2) is 35.9 Å². The monoisotopic (exact) mass is 460 g/mol. The summed E-state index contributed by atoms with van der Waals surface area (Å²) in [5, 5.41) is 2.92. The number of hydrogen-bond donors (Lipinski definition) is 1. The fraction of sp³-hybridized carbons (Fsp3) is 0.391. The SMILES string of the molecule is CCCNC(=O)C(CC)N(Cc1cccc(C)c1)C(=O)COc1ccc(Br)cc1. The van der Waals surface area contributed by atoms with E-state index in [4.69, 9.17) is 4.74 Å². The number of carbonyl (C=O) groups is 2. The number of nitrogens with one attached hydrogen (secondary N) is 1. The van der Waals surface area contributed by atoms with E-state index in [9.17, 15) is 9.59 Å². The highest BCUT2D eigenvalue weighted by Gasteiger charge is 2.28. The normalized spacial score (nSPS) is 11.6. The second-order valence-corrected chi connectivity index (χ2v) is 7.88. The number of ether oxygens (including phenoxy) is 1. The highest BCUT2D eigenvalue weighted by molar-refractivity contribution is 9.10. The number of nitrogens with zero attached hydrogens (tertiary/aromatic N) is 1. The van der Waals surface area contributed by atoms with Crippen LogP contribution in [0, 0.1) is 6.92 Å². The zero-order valence-corrected chi connectivity index (χ0v) is 18.9. The molecule has 2 aromatic carbocycles. The van der Waals surface area contributed by atoms with Gasteiger partial charge in [-0.15, -0.1) is 0 Å².